The van der Waals surface area contributed by atoms with Gasteiger partial charge >= 0.3 is 5.69 Å². The normalized spacial score (nSPS) is 10.2. The Hall–Kier alpha value is -2.37. The lowest BCUT2D eigenvalue weighted by atomic mass is 10.3. The molecular weight excluding hydrogens is 229 g/mol. The first kappa shape index (κ1) is 11.1. The van der Waals surface area contributed by atoms with E-state index in [1.807, 2.05) is 0 Å². The third-order valence-electron chi connectivity index (χ3n) is 2.10. The summed E-state index contributed by atoms with van der Waals surface area (Å²) in [4.78, 5) is 9.61. The Morgan fingerprint density at radius 1 is 1.41 bits per heavy atom. The number of ether oxygens (including phenoxy) is 1. The molecule has 0 saturated carbocycles. The highest BCUT2D eigenvalue weighted by Crippen LogP contribution is 2.22. The van der Waals surface area contributed by atoms with Crippen LogP contribution in [-0.4, -0.2) is 4.92 Å². The van der Waals surface area contributed by atoms with Crippen LogP contribution in [0.25, 0.3) is 0 Å². The number of hydrogen-bond donors (Lipinski definition) is 0. The second-order valence-corrected chi connectivity index (χ2v) is 3.29. The second-order valence-electron chi connectivity index (χ2n) is 3.29. The summed E-state index contributed by atoms with van der Waals surface area (Å²) in [5.74, 6) is -0.686. The average molecular weight is 237 g/mol. The Labute approximate surface area is 95.6 Å². The van der Waals surface area contributed by atoms with Crippen LogP contribution in [0.15, 0.2) is 41.2 Å². The standard InChI is InChI=1S/C11H8FNO4/c12-10-5-9(1-2-11(10)13(14)15)17-7-8-3-4-16-6-8/h1-6H,7H2. The second kappa shape index (κ2) is 4.65. The van der Waals surface area contributed by atoms with Gasteiger partial charge in [-0.3, -0.25) is 10.1 Å². The van der Waals surface area contributed by atoms with Crippen molar-refractivity contribution < 1.29 is 18.5 Å². The summed E-state index contributed by atoms with van der Waals surface area (Å²) in [6, 6.07) is 5.11. The molecular formula is C11H8FNO4. The van der Waals surface area contributed by atoms with Gasteiger partial charge in [0.1, 0.15) is 12.4 Å². The third kappa shape index (κ3) is 2.60. The number of nitrogens with zero attached hydrogens (tertiary/aromatic N) is 1. The molecule has 0 saturated heterocycles. The lowest BCUT2D eigenvalue weighted by Gasteiger charge is -2.04. The van der Waals surface area contributed by atoms with Gasteiger partial charge in [-0.05, 0) is 12.1 Å². The molecule has 1 aromatic carbocycles. The van der Waals surface area contributed by atoms with Crippen molar-refractivity contribution in [1.29, 1.82) is 0 Å². The van der Waals surface area contributed by atoms with Crippen LogP contribution in [0.5, 0.6) is 5.75 Å². The van der Waals surface area contributed by atoms with Crippen molar-refractivity contribution in [2.24, 2.45) is 0 Å². The SMILES string of the molecule is O=[N+]([O-])c1ccc(OCc2ccoc2)cc1F. The number of furan rings is 1. The molecule has 5 nitrogen and oxygen atoms in total. The van der Waals surface area contributed by atoms with E-state index in [0.29, 0.717) is 0 Å². The third-order valence-corrected chi connectivity index (χ3v) is 2.10. The molecule has 0 aliphatic carbocycles. The number of benzene rings is 1. The Kier molecular flexibility index (Phi) is 3.04. The van der Waals surface area contributed by atoms with E-state index in [9.17, 15) is 14.5 Å². The highest BCUT2D eigenvalue weighted by atomic mass is 19.1. The Morgan fingerprint density at radius 2 is 2.24 bits per heavy atom. The number of halogens is 1. The topological polar surface area (TPSA) is 65.5 Å². The minimum absolute atomic E-state index is 0.216. The van der Waals surface area contributed by atoms with Crippen LogP contribution < -0.4 is 4.74 Å². The largest absolute Gasteiger partial charge is 0.489 e. The molecule has 6 heteroatoms. The van der Waals surface area contributed by atoms with Gasteiger partial charge in [-0.2, -0.15) is 4.39 Å². The van der Waals surface area contributed by atoms with Gasteiger partial charge in [0.25, 0.3) is 0 Å². The van der Waals surface area contributed by atoms with Crippen molar-refractivity contribution in [3.8, 4) is 5.75 Å². The molecule has 0 aliphatic heterocycles. The first-order valence-corrected chi connectivity index (χ1v) is 4.74. The van der Waals surface area contributed by atoms with Gasteiger partial charge in [-0.1, -0.05) is 0 Å². The number of nitro groups is 1. The number of hydrogen-bond acceptors (Lipinski definition) is 4. The molecule has 0 aliphatic rings. The maximum absolute atomic E-state index is 13.2. The molecule has 17 heavy (non-hydrogen) atoms. The monoisotopic (exact) mass is 237 g/mol. The summed E-state index contributed by atoms with van der Waals surface area (Å²) in [7, 11) is 0. The van der Waals surface area contributed by atoms with Crippen molar-refractivity contribution in [2.45, 2.75) is 6.61 Å². The van der Waals surface area contributed by atoms with Crippen LogP contribution in [0.4, 0.5) is 10.1 Å². The first-order valence-electron chi connectivity index (χ1n) is 4.74. The lowest BCUT2D eigenvalue weighted by Crippen LogP contribution is -1.96. The van der Waals surface area contributed by atoms with E-state index in [2.05, 4.69) is 0 Å². The summed E-state index contributed by atoms with van der Waals surface area (Å²) in [5, 5.41) is 10.4. The predicted molar refractivity (Wildman–Crippen MR) is 56.1 cm³/mol. The summed E-state index contributed by atoms with van der Waals surface area (Å²) < 4.78 is 23.3. The summed E-state index contributed by atoms with van der Waals surface area (Å²) in [6.07, 6.45) is 3.00. The molecule has 2 rings (SSSR count). The quantitative estimate of drug-likeness (QED) is 0.605. The summed E-state index contributed by atoms with van der Waals surface area (Å²) >= 11 is 0. The van der Waals surface area contributed by atoms with E-state index in [-0.39, 0.29) is 12.4 Å². The molecule has 0 atom stereocenters. The van der Waals surface area contributed by atoms with E-state index in [1.54, 1.807) is 6.07 Å². The van der Waals surface area contributed by atoms with Crippen molar-refractivity contribution in [1.82, 2.24) is 0 Å². The highest BCUT2D eigenvalue weighted by Gasteiger charge is 2.14. The molecule has 0 amide bonds. The van der Waals surface area contributed by atoms with Gasteiger partial charge in [-0.25, -0.2) is 0 Å². The Bertz CT molecular complexity index is 524. The molecule has 0 N–H and O–H groups in total. The molecule has 2 aromatic rings. The van der Waals surface area contributed by atoms with Gasteiger partial charge in [0.05, 0.1) is 17.4 Å². The van der Waals surface area contributed by atoms with Gasteiger partial charge in [0.15, 0.2) is 0 Å². The van der Waals surface area contributed by atoms with Crippen LogP contribution in [0.3, 0.4) is 0 Å². The van der Waals surface area contributed by atoms with Crippen LogP contribution >= 0.6 is 0 Å². The molecule has 0 spiro atoms. The van der Waals surface area contributed by atoms with Crippen LogP contribution in [0.1, 0.15) is 5.56 Å². The maximum atomic E-state index is 13.2. The maximum Gasteiger partial charge on any atom is 0.305 e. The van der Waals surface area contributed by atoms with E-state index in [0.717, 1.165) is 17.7 Å². The lowest BCUT2D eigenvalue weighted by molar-refractivity contribution is -0.387. The first-order chi connectivity index (χ1) is 8.16. The van der Waals surface area contributed by atoms with E-state index in [1.165, 1.54) is 18.6 Å². The van der Waals surface area contributed by atoms with Crippen LogP contribution in [-0.2, 0) is 6.61 Å². The van der Waals surface area contributed by atoms with Crippen LogP contribution in [0, 0.1) is 15.9 Å². The van der Waals surface area contributed by atoms with Crippen molar-refractivity contribution in [2.75, 3.05) is 0 Å². The molecule has 1 aromatic heterocycles. The van der Waals surface area contributed by atoms with Gasteiger partial charge in [0.2, 0.25) is 5.82 Å². The molecule has 1 heterocycles. The minimum atomic E-state index is -0.917. The fraction of sp³-hybridized carbons (Fsp3) is 0.0909. The Balaban J connectivity index is 2.07. The average Bonchev–Trinajstić information content (AvgIpc) is 2.78. The van der Waals surface area contributed by atoms with Crippen molar-refractivity contribution in [3.63, 3.8) is 0 Å². The zero-order valence-corrected chi connectivity index (χ0v) is 8.63. The summed E-state index contributed by atoms with van der Waals surface area (Å²) in [5.41, 5.74) is 0.226. The number of nitro benzene ring substituents is 1. The molecule has 0 unspecified atom stereocenters. The van der Waals surface area contributed by atoms with Crippen LogP contribution in [0.2, 0.25) is 0 Å². The van der Waals surface area contributed by atoms with Gasteiger partial charge < -0.3 is 9.15 Å². The minimum Gasteiger partial charge on any atom is -0.489 e. The van der Waals surface area contributed by atoms with Crippen molar-refractivity contribution in [3.05, 3.63) is 58.3 Å². The molecule has 0 fully saturated rings. The zero-order chi connectivity index (χ0) is 12.3. The van der Waals surface area contributed by atoms with E-state index >= 15 is 0 Å². The molecule has 88 valence electrons. The Morgan fingerprint density at radius 3 is 2.82 bits per heavy atom. The van der Waals surface area contributed by atoms with Gasteiger partial charge in [-0.15, -0.1) is 0 Å². The zero-order valence-electron chi connectivity index (χ0n) is 8.63. The van der Waals surface area contributed by atoms with E-state index < -0.39 is 16.4 Å². The predicted octanol–water partition coefficient (Wildman–Crippen LogP) is 2.91. The van der Waals surface area contributed by atoms with Crippen molar-refractivity contribution >= 4 is 5.69 Å². The van der Waals surface area contributed by atoms with E-state index in [4.69, 9.17) is 9.15 Å². The summed E-state index contributed by atoms with van der Waals surface area (Å²) in [6.45, 7) is 0.216. The molecule has 0 radical (unpaired) electrons. The highest BCUT2D eigenvalue weighted by molar-refractivity contribution is 5.38. The fourth-order valence-electron chi connectivity index (χ4n) is 1.27. The molecule has 0 bridgehead atoms. The number of rotatable bonds is 4. The smallest absolute Gasteiger partial charge is 0.305 e. The fourth-order valence-corrected chi connectivity index (χ4v) is 1.27. The van der Waals surface area contributed by atoms with Gasteiger partial charge in [0, 0.05) is 17.7 Å².